The maximum absolute atomic E-state index is 13.5. The average Bonchev–Trinajstić information content (AvgIpc) is 3.25. The number of alkyl halides is 3. The van der Waals surface area contributed by atoms with E-state index in [1.54, 1.807) is 11.0 Å². The summed E-state index contributed by atoms with van der Waals surface area (Å²) < 4.78 is 45.6. The van der Waals surface area contributed by atoms with Crippen LogP contribution in [0.4, 0.5) is 23.7 Å². The number of fused-ring (bicyclic) bond motifs is 1. The van der Waals surface area contributed by atoms with E-state index in [1.807, 2.05) is 0 Å². The van der Waals surface area contributed by atoms with Crippen molar-refractivity contribution in [3.63, 3.8) is 0 Å². The Morgan fingerprint density at radius 1 is 1.06 bits per heavy atom. The Bertz CT molecular complexity index is 1400. The van der Waals surface area contributed by atoms with E-state index in [-0.39, 0.29) is 29.1 Å². The summed E-state index contributed by atoms with van der Waals surface area (Å²) >= 11 is 0. The number of halogens is 3. The van der Waals surface area contributed by atoms with Crippen LogP contribution in [0.3, 0.4) is 0 Å². The van der Waals surface area contributed by atoms with E-state index in [9.17, 15) is 32.7 Å². The summed E-state index contributed by atoms with van der Waals surface area (Å²) in [7, 11) is 0. The largest absolute Gasteiger partial charge is 0.434 e. The quantitative estimate of drug-likeness (QED) is 0.572. The minimum Gasteiger partial charge on any atom is -0.434 e. The number of cyclic esters (lactones) is 1. The first-order valence-corrected chi connectivity index (χ1v) is 11.4. The maximum Gasteiger partial charge on any atom is 0.417 e. The number of carbonyl (C=O) groups is 2. The van der Waals surface area contributed by atoms with E-state index in [0.717, 1.165) is 6.07 Å². The average molecular weight is 501 g/mol. The highest BCUT2D eigenvalue weighted by Gasteiger charge is 2.40. The van der Waals surface area contributed by atoms with Crippen LogP contribution in [0.15, 0.2) is 53.3 Å². The van der Waals surface area contributed by atoms with E-state index in [1.165, 1.54) is 41.3 Å². The first kappa shape index (κ1) is 23.9. The Morgan fingerprint density at radius 2 is 1.78 bits per heavy atom. The lowest BCUT2D eigenvalue weighted by atomic mass is 10.0. The molecule has 2 saturated heterocycles. The predicted octanol–water partition coefficient (Wildman–Crippen LogP) is 3.52. The molecule has 0 bridgehead atoms. The molecule has 3 aromatic rings. The number of hydrogen-bond acceptors (Lipinski definition) is 5. The fraction of sp³-hybridized carbons (Fsp3) is 0.320. The molecular formula is C25H22F3N3O5. The molecule has 1 atom stereocenters. The minimum atomic E-state index is -4.59. The number of piperidine rings is 1. The van der Waals surface area contributed by atoms with Crippen LogP contribution in [0.5, 0.6) is 0 Å². The molecule has 2 N–H and O–H groups in total. The molecule has 36 heavy (non-hydrogen) atoms. The van der Waals surface area contributed by atoms with Gasteiger partial charge in [0.05, 0.1) is 18.2 Å². The molecule has 3 heterocycles. The first-order valence-electron chi connectivity index (χ1n) is 11.4. The van der Waals surface area contributed by atoms with Gasteiger partial charge in [-0.15, -0.1) is 0 Å². The zero-order chi connectivity index (χ0) is 25.6. The van der Waals surface area contributed by atoms with Crippen LogP contribution >= 0.6 is 0 Å². The molecule has 188 valence electrons. The smallest absolute Gasteiger partial charge is 0.417 e. The van der Waals surface area contributed by atoms with Crippen molar-refractivity contribution in [2.45, 2.75) is 31.2 Å². The third-order valence-electron chi connectivity index (χ3n) is 6.53. The lowest BCUT2D eigenvalue weighted by Gasteiger charge is -2.30. The van der Waals surface area contributed by atoms with E-state index < -0.39 is 35.6 Å². The van der Waals surface area contributed by atoms with Crippen molar-refractivity contribution >= 4 is 28.5 Å². The third kappa shape index (κ3) is 4.41. The summed E-state index contributed by atoms with van der Waals surface area (Å²) in [5.74, 6) is -0.343. The molecule has 2 aliphatic rings. The zero-order valence-electron chi connectivity index (χ0n) is 18.9. The van der Waals surface area contributed by atoms with Gasteiger partial charge >= 0.3 is 12.3 Å². The highest BCUT2D eigenvalue weighted by molar-refractivity contribution is 5.98. The molecule has 2 fully saturated rings. The number of nitrogens with one attached hydrogen (secondary N) is 1. The van der Waals surface area contributed by atoms with E-state index >= 15 is 0 Å². The highest BCUT2D eigenvalue weighted by Crippen LogP contribution is 2.37. The summed E-state index contributed by atoms with van der Waals surface area (Å²) in [4.78, 5) is 43.4. The van der Waals surface area contributed by atoms with Gasteiger partial charge in [0.15, 0.2) is 6.10 Å². The number of amides is 2. The molecule has 8 nitrogen and oxygen atoms in total. The maximum atomic E-state index is 13.5. The molecule has 2 amide bonds. The SMILES string of the molecule is O=C([C@@H]1CN(c2ccc3cc(-c4ccccc4C(F)(F)F)[nH]c(=O)c3c2)C(=O)O1)N1CCC(O)CC1. The molecule has 5 rings (SSSR count). The summed E-state index contributed by atoms with van der Waals surface area (Å²) in [6.45, 7) is 0.704. The number of H-pyrrole nitrogens is 1. The monoisotopic (exact) mass is 501 g/mol. The number of aromatic amines is 1. The van der Waals surface area contributed by atoms with Gasteiger partial charge in [0.25, 0.3) is 11.5 Å². The molecule has 2 aromatic carbocycles. The van der Waals surface area contributed by atoms with Crippen LogP contribution in [0.2, 0.25) is 0 Å². The highest BCUT2D eigenvalue weighted by atomic mass is 19.4. The fourth-order valence-electron chi connectivity index (χ4n) is 4.62. The van der Waals surface area contributed by atoms with Crippen molar-refractivity contribution in [3.8, 4) is 11.3 Å². The van der Waals surface area contributed by atoms with Crippen molar-refractivity contribution in [2.75, 3.05) is 24.5 Å². The zero-order valence-corrected chi connectivity index (χ0v) is 18.9. The molecule has 1 aromatic heterocycles. The topological polar surface area (TPSA) is 103 Å². The Kier molecular flexibility index (Phi) is 5.95. The Labute approximate surface area is 202 Å². The number of anilines is 1. The number of nitrogens with zero attached hydrogens (tertiary/aromatic N) is 2. The molecule has 0 saturated carbocycles. The van der Waals surface area contributed by atoms with Gasteiger partial charge in [0.2, 0.25) is 0 Å². The predicted molar refractivity (Wildman–Crippen MR) is 124 cm³/mol. The van der Waals surface area contributed by atoms with Gasteiger partial charge in [-0.05, 0) is 42.5 Å². The van der Waals surface area contributed by atoms with Crippen LogP contribution in [0.1, 0.15) is 18.4 Å². The number of rotatable bonds is 3. The van der Waals surface area contributed by atoms with Gasteiger partial charge in [0.1, 0.15) is 0 Å². The molecule has 2 aliphatic heterocycles. The normalized spacial score (nSPS) is 19.1. The van der Waals surface area contributed by atoms with E-state index in [4.69, 9.17) is 4.74 Å². The molecule has 0 unspecified atom stereocenters. The Balaban J connectivity index is 1.42. The second-order valence-corrected chi connectivity index (χ2v) is 8.87. The van der Waals surface area contributed by atoms with Gasteiger partial charge in [-0.2, -0.15) is 13.2 Å². The molecule has 0 aliphatic carbocycles. The van der Waals surface area contributed by atoms with Crippen LogP contribution in [0, 0.1) is 0 Å². The number of likely N-dealkylation sites (tertiary alicyclic amines) is 1. The van der Waals surface area contributed by atoms with E-state index in [2.05, 4.69) is 4.98 Å². The number of aromatic nitrogens is 1. The number of ether oxygens (including phenoxy) is 1. The molecule has 0 radical (unpaired) electrons. The van der Waals surface area contributed by atoms with Gasteiger partial charge in [0, 0.05) is 35.4 Å². The summed E-state index contributed by atoms with van der Waals surface area (Å²) in [6, 6.07) is 10.9. The van der Waals surface area contributed by atoms with Crippen LogP contribution < -0.4 is 10.5 Å². The summed E-state index contributed by atoms with van der Waals surface area (Å²) in [5.41, 5.74) is -1.29. The Morgan fingerprint density at radius 3 is 2.50 bits per heavy atom. The second kappa shape index (κ2) is 8.98. The standard InChI is InChI=1S/C25H22F3N3O5/c26-25(27,28)19-4-2-1-3-17(19)20-11-14-5-6-15(12-18(14)22(33)29-20)31-13-21(36-24(31)35)23(34)30-9-7-16(32)8-10-30/h1-6,11-12,16,21,32H,7-10,13H2,(H,29,33)/t21-/m0/s1. The van der Waals surface area contributed by atoms with Gasteiger partial charge < -0.3 is 19.7 Å². The number of aliphatic hydroxyl groups is 1. The molecular weight excluding hydrogens is 479 g/mol. The summed E-state index contributed by atoms with van der Waals surface area (Å²) in [6.07, 6.45) is -5.88. The second-order valence-electron chi connectivity index (χ2n) is 8.87. The molecule has 11 heteroatoms. The van der Waals surface area contributed by atoms with E-state index in [0.29, 0.717) is 37.0 Å². The van der Waals surface area contributed by atoms with Crippen LogP contribution in [0.25, 0.3) is 22.0 Å². The number of benzene rings is 2. The van der Waals surface area contributed by atoms with Gasteiger partial charge in [-0.25, -0.2) is 4.79 Å². The van der Waals surface area contributed by atoms with Crippen molar-refractivity contribution in [3.05, 3.63) is 64.4 Å². The fourth-order valence-corrected chi connectivity index (χ4v) is 4.62. The lowest BCUT2D eigenvalue weighted by Crippen LogP contribution is -2.46. The summed E-state index contributed by atoms with van der Waals surface area (Å²) in [5, 5.41) is 10.2. The number of pyridine rings is 1. The van der Waals surface area contributed by atoms with Crippen LogP contribution in [-0.2, 0) is 15.7 Å². The lowest BCUT2D eigenvalue weighted by molar-refractivity contribution is -0.140. The number of hydrogen-bond donors (Lipinski definition) is 2. The van der Waals surface area contributed by atoms with Crippen molar-refractivity contribution < 1.29 is 32.6 Å². The Hall–Kier alpha value is -3.86. The van der Waals surface area contributed by atoms with Crippen molar-refractivity contribution in [1.29, 1.82) is 0 Å². The van der Waals surface area contributed by atoms with Crippen LogP contribution in [-0.4, -0.2) is 58.8 Å². The van der Waals surface area contributed by atoms with Gasteiger partial charge in [-0.1, -0.05) is 24.3 Å². The molecule has 0 spiro atoms. The minimum absolute atomic E-state index is 0.0195. The number of carbonyl (C=O) groups excluding carboxylic acids is 2. The van der Waals surface area contributed by atoms with Gasteiger partial charge in [-0.3, -0.25) is 14.5 Å². The third-order valence-corrected chi connectivity index (χ3v) is 6.53. The van der Waals surface area contributed by atoms with Crippen molar-refractivity contribution in [2.24, 2.45) is 0 Å². The first-order chi connectivity index (χ1) is 17.1. The van der Waals surface area contributed by atoms with Crippen molar-refractivity contribution in [1.82, 2.24) is 9.88 Å². The number of aliphatic hydroxyl groups excluding tert-OH is 1.